The number of amides is 1. The maximum atomic E-state index is 12.2. The fraction of sp³-hybridized carbons (Fsp3) is 0.562. The van der Waals surface area contributed by atoms with Crippen molar-refractivity contribution in [3.8, 4) is 5.75 Å². The van der Waals surface area contributed by atoms with Gasteiger partial charge in [-0.25, -0.2) is 0 Å². The minimum Gasteiger partial charge on any atom is -0.480 e. The Balaban J connectivity index is 1.53. The third-order valence-electron chi connectivity index (χ3n) is 4.31. The van der Waals surface area contributed by atoms with Crippen LogP contribution in [0.5, 0.6) is 5.75 Å². The molecule has 1 amide bonds. The molecule has 0 radical (unpaired) electrons. The molecule has 1 aromatic rings. The highest BCUT2D eigenvalue weighted by molar-refractivity contribution is 5.82. The summed E-state index contributed by atoms with van der Waals surface area (Å²) in [6.07, 6.45) is 2.65. The van der Waals surface area contributed by atoms with Gasteiger partial charge in [-0.15, -0.1) is 0 Å². The summed E-state index contributed by atoms with van der Waals surface area (Å²) in [6.45, 7) is 5.00. The Morgan fingerprint density at radius 3 is 3.10 bits per heavy atom. The minimum atomic E-state index is -0.368. The average Bonchev–Trinajstić information content (AvgIpc) is 2.89. The number of ether oxygens (including phenoxy) is 1. The SMILES string of the molecule is CC1(CNC(=O)C2Cc3ccccc3O2)CCCNC1. The first kappa shape index (κ1) is 13.4. The number of carbonyl (C=O) groups excluding carboxylic acids is 1. The van der Waals surface area contributed by atoms with Crippen LogP contribution in [-0.2, 0) is 11.2 Å². The van der Waals surface area contributed by atoms with E-state index in [9.17, 15) is 4.79 Å². The fourth-order valence-corrected chi connectivity index (χ4v) is 3.01. The largest absolute Gasteiger partial charge is 0.480 e. The zero-order valence-electron chi connectivity index (χ0n) is 11.9. The maximum Gasteiger partial charge on any atom is 0.261 e. The zero-order valence-corrected chi connectivity index (χ0v) is 11.9. The highest BCUT2D eigenvalue weighted by Gasteiger charge is 2.31. The van der Waals surface area contributed by atoms with Crippen molar-refractivity contribution in [2.45, 2.75) is 32.3 Å². The molecule has 1 fully saturated rings. The summed E-state index contributed by atoms with van der Waals surface area (Å²) in [7, 11) is 0. The topological polar surface area (TPSA) is 50.4 Å². The molecule has 2 aliphatic heterocycles. The van der Waals surface area contributed by atoms with E-state index in [1.165, 1.54) is 6.42 Å². The molecular weight excluding hydrogens is 252 g/mol. The van der Waals surface area contributed by atoms with Crippen LogP contribution in [-0.4, -0.2) is 31.6 Å². The highest BCUT2D eigenvalue weighted by atomic mass is 16.5. The second kappa shape index (κ2) is 5.44. The normalized spacial score (nSPS) is 28.6. The predicted octanol–water partition coefficient (Wildman–Crippen LogP) is 1.50. The first-order chi connectivity index (χ1) is 9.66. The molecule has 0 bridgehead atoms. The van der Waals surface area contributed by atoms with E-state index in [4.69, 9.17) is 4.74 Å². The molecule has 0 saturated carbocycles. The lowest BCUT2D eigenvalue weighted by molar-refractivity contribution is -0.127. The van der Waals surface area contributed by atoms with Crippen molar-refractivity contribution in [1.82, 2.24) is 10.6 Å². The Bertz CT molecular complexity index is 470. The average molecular weight is 274 g/mol. The maximum absolute atomic E-state index is 12.2. The van der Waals surface area contributed by atoms with Gasteiger partial charge >= 0.3 is 0 Å². The zero-order chi connectivity index (χ0) is 14.0. The molecular formula is C16H22N2O2. The van der Waals surface area contributed by atoms with E-state index in [2.05, 4.69) is 17.6 Å². The first-order valence-electron chi connectivity index (χ1n) is 7.39. The molecule has 0 aromatic heterocycles. The second-order valence-electron chi connectivity index (χ2n) is 6.23. The van der Waals surface area contributed by atoms with Crippen LogP contribution in [0.15, 0.2) is 24.3 Å². The van der Waals surface area contributed by atoms with Gasteiger partial charge in [0.15, 0.2) is 6.10 Å². The quantitative estimate of drug-likeness (QED) is 0.878. The number of benzene rings is 1. The minimum absolute atomic E-state index is 0.00741. The van der Waals surface area contributed by atoms with Crippen molar-refractivity contribution in [3.63, 3.8) is 0 Å². The molecule has 0 aliphatic carbocycles. The van der Waals surface area contributed by atoms with E-state index in [0.29, 0.717) is 6.42 Å². The van der Waals surface area contributed by atoms with Gasteiger partial charge in [0.25, 0.3) is 5.91 Å². The lowest BCUT2D eigenvalue weighted by Crippen LogP contribution is -2.48. The summed E-state index contributed by atoms with van der Waals surface area (Å²) in [6, 6.07) is 7.87. The van der Waals surface area contributed by atoms with Crippen molar-refractivity contribution < 1.29 is 9.53 Å². The van der Waals surface area contributed by atoms with E-state index < -0.39 is 0 Å². The van der Waals surface area contributed by atoms with Crippen LogP contribution in [0.2, 0.25) is 0 Å². The Hall–Kier alpha value is -1.55. The van der Waals surface area contributed by atoms with Crippen molar-refractivity contribution in [2.24, 2.45) is 5.41 Å². The predicted molar refractivity (Wildman–Crippen MR) is 77.8 cm³/mol. The van der Waals surface area contributed by atoms with Crippen LogP contribution in [0.4, 0.5) is 0 Å². The number of piperidine rings is 1. The van der Waals surface area contributed by atoms with Gasteiger partial charge in [-0.05, 0) is 36.4 Å². The van der Waals surface area contributed by atoms with E-state index in [1.54, 1.807) is 0 Å². The van der Waals surface area contributed by atoms with Gasteiger partial charge in [0, 0.05) is 19.5 Å². The fourth-order valence-electron chi connectivity index (χ4n) is 3.01. The Morgan fingerprint density at radius 2 is 2.35 bits per heavy atom. The molecule has 2 heterocycles. The van der Waals surface area contributed by atoms with Gasteiger partial charge in [-0.1, -0.05) is 25.1 Å². The van der Waals surface area contributed by atoms with Crippen LogP contribution in [0.25, 0.3) is 0 Å². The molecule has 2 N–H and O–H groups in total. The third-order valence-corrected chi connectivity index (χ3v) is 4.31. The summed E-state index contributed by atoms with van der Waals surface area (Å²) < 4.78 is 5.71. The molecule has 2 atom stereocenters. The number of rotatable bonds is 3. The molecule has 2 unspecified atom stereocenters. The Morgan fingerprint density at radius 1 is 1.50 bits per heavy atom. The smallest absolute Gasteiger partial charge is 0.261 e. The van der Waals surface area contributed by atoms with Gasteiger partial charge in [-0.3, -0.25) is 4.79 Å². The van der Waals surface area contributed by atoms with Gasteiger partial charge in [-0.2, -0.15) is 0 Å². The number of hydrogen-bond acceptors (Lipinski definition) is 3. The van der Waals surface area contributed by atoms with E-state index in [0.717, 1.165) is 37.4 Å². The van der Waals surface area contributed by atoms with Gasteiger partial charge in [0.05, 0.1) is 0 Å². The lowest BCUT2D eigenvalue weighted by Gasteiger charge is -2.34. The summed E-state index contributed by atoms with van der Waals surface area (Å²) in [5.41, 5.74) is 1.29. The van der Waals surface area contributed by atoms with E-state index in [-0.39, 0.29) is 17.4 Å². The van der Waals surface area contributed by atoms with Crippen LogP contribution < -0.4 is 15.4 Å². The van der Waals surface area contributed by atoms with Gasteiger partial charge in [0.1, 0.15) is 5.75 Å². The van der Waals surface area contributed by atoms with Crippen molar-refractivity contribution in [1.29, 1.82) is 0 Å². The first-order valence-corrected chi connectivity index (χ1v) is 7.39. The standard InChI is InChI=1S/C16H22N2O2/c1-16(7-4-8-17-10-16)11-18-15(19)14-9-12-5-2-3-6-13(12)20-14/h2-3,5-6,14,17H,4,7-11H2,1H3,(H,18,19). The van der Waals surface area contributed by atoms with Crippen molar-refractivity contribution in [2.75, 3.05) is 19.6 Å². The molecule has 1 aromatic carbocycles. The van der Waals surface area contributed by atoms with Crippen LogP contribution in [0.3, 0.4) is 0 Å². The van der Waals surface area contributed by atoms with Crippen LogP contribution in [0, 0.1) is 5.41 Å². The molecule has 4 nitrogen and oxygen atoms in total. The lowest BCUT2D eigenvalue weighted by atomic mass is 9.83. The monoisotopic (exact) mass is 274 g/mol. The molecule has 2 aliphatic rings. The van der Waals surface area contributed by atoms with Gasteiger partial charge < -0.3 is 15.4 Å². The molecule has 3 rings (SSSR count). The number of hydrogen-bond donors (Lipinski definition) is 2. The molecule has 4 heteroatoms. The number of nitrogens with one attached hydrogen (secondary N) is 2. The summed E-state index contributed by atoms with van der Waals surface area (Å²) in [5.74, 6) is 0.853. The molecule has 1 saturated heterocycles. The number of fused-ring (bicyclic) bond motifs is 1. The van der Waals surface area contributed by atoms with Crippen molar-refractivity contribution in [3.05, 3.63) is 29.8 Å². The molecule has 20 heavy (non-hydrogen) atoms. The highest BCUT2D eigenvalue weighted by Crippen LogP contribution is 2.28. The van der Waals surface area contributed by atoms with Crippen molar-refractivity contribution >= 4 is 5.91 Å². The Kier molecular flexibility index (Phi) is 3.66. The number of carbonyl (C=O) groups is 1. The summed E-state index contributed by atoms with van der Waals surface area (Å²) >= 11 is 0. The molecule has 108 valence electrons. The third kappa shape index (κ3) is 2.80. The van der Waals surface area contributed by atoms with E-state index in [1.807, 2.05) is 24.3 Å². The van der Waals surface area contributed by atoms with Crippen LogP contribution >= 0.6 is 0 Å². The second-order valence-corrected chi connectivity index (χ2v) is 6.23. The van der Waals surface area contributed by atoms with Gasteiger partial charge in [0.2, 0.25) is 0 Å². The summed E-state index contributed by atoms with van der Waals surface area (Å²) in [5, 5.41) is 6.47. The van der Waals surface area contributed by atoms with E-state index >= 15 is 0 Å². The summed E-state index contributed by atoms with van der Waals surface area (Å²) in [4.78, 5) is 12.2. The Labute approximate surface area is 119 Å². The number of para-hydroxylation sites is 1. The van der Waals surface area contributed by atoms with Crippen LogP contribution in [0.1, 0.15) is 25.3 Å². The molecule has 0 spiro atoms.